The summed E-state index contributed by atoms with van der Waals surface area (Å²) in [5.41, 5.74) is 0. The van der Waals surface area contributed by atoms with Crippen molar-refractivity contribution >= 4 is 20.6 Å². The highest BCUT2D eigenvalue weighted by atomic mass is 35.5. The molecule has 0 aromatic carbocycles. The lowest BCUT2D eigenvalue weighted by molar-refractivity contribution is 0.127. The molecule has 2 atom stereocenters. The standard InChI is InChI=1S/C4H10ClO3P/c1-7-9-8-3-4(6)2-5/h4,6,9H,2-3H2,1H3. The van der Waals surface area contributed by atoms with E-state index in [4.69, 9.17) is 21.2 Å². The van der Waals surface area contributed by atoms with E-state index in [1.54, 1.807) is 0 Å². The Morgan fingerprint density at radius 3 is 2.89 bits per heavy atom. The van der Waals surface area contributed by atoms with Crippen LogP contribution in [0.25, 0.3) is 0 Å². The third-order valence-electron chi connectivity index (χ3n) is 0.596. The predicted molar refractivity (Wildman–Crippen MR) is 38.0 cm³/mol. The highest BCUT2D eigenvalue weighted by molar-refractivity contribution is 7.26. The zero-order valence-electron chi connectivity index (χ0n) is 5.13. The van der Waals surface area contributed by atoms with Crippen LogP contribution >= 0.6 is 20.6 Å². The van der Waals surface area contributed by atoms with Gasteiger partial charge in [0, 0.05) is 7.11 Å². The zero-order chi connectivity index (χ0) is 7.11. The Morgan fingerprint density at radius 2 is 2.44 bits per heavy atom. The Morgan fingerprint density at radius 1 is 1.78 bits per heavy atom. The number of alkyl halides is 1. The molecule has 56 valence electrons. The van der Waals surface area contributed by atoms with E-state index >= 15 is 0 Å². The van der Waals surface area contributed by atoms with Crippen LogP contribution in [0.2, 0.25) is 0 Å². The molecule has 0 heterocycles. The Hall–Kier alpha value is 0.600. The molecule has 0 aliphatic heterocycles. The largest absolute Gasteiger partial charge is 0.389 e. The Bertz CT molecular complexity index is 63.8. The van der Waals surface area contributed by atoms with Crippen molar-refractivity contribution in [3.8, 4) is 0 Å². The van der Waals surface area contributed by atoms with Gasteiger partial charge in [0.05, 0.1) is 18.6 Å². The number of aliphatic hydroxyl groups excluding tert-OH is 1. The van der Waals surface area contributed by atoms with Crippen molar-refractivity contribution in [1.82, 2.24) is 0 Å². The molecule has 5 heteroatoms. The van der Waals surface area contributed by atoms with Crippen LogP contribution in [0.1, 0.15) is 0 Å². The highest BCUT2D eigenvalue weighted by Gasteiger charge is 1.99. The van der Waals surface area contributed by atoms with Gasteiger partial charge in [-0.05, 0) is 0 Å². The van der Waals surface area contributed by atoms with Crippen LogP contribution in [0.4, 0.5) is 0 Å². The van der Waals surface area contributed by atoms with E-state index in [-0.39, 0.29) is 21.5 Å². The first-order valence-corrected chi connectivity index (χ1v) is 3.80. The Balaban J connectivity index is 2.88. The minimum atomic E-state index is -0.575. The average molecular weight is 173 g/mol. The van der Waals surface area contributed by atoms with Crippen molar-refractivity contribution in [3.05, 3.63) is 0 Å². The normalized spacial score (nSPS) is 15.0. The molecule has 0 radical (unpaired) electrons. The molecule has 9 heavy (non-hydrogen) atoms. The summed E-state index contributed by atoms with van der Waals surface area (Å²) >= 11 is 5.26. The maximum absolute atomic E-state index is 8.78. The summed E-state index contributed by atoms with van der Waals surface area (Å²) in [7, 11) is 1.53. The summed E-state index contributed by atoms with van der Waals surface area (Å²) in [6.07, 6.45) is -0.575. The summed E-state index contributed by atoms with van der Waals surface area (Å²) in [6, 6.07) is 0. The molecule has 0 spiro atoms. The predicted octanol–water partition coefficient (Wildman–Crippen LogP) is 0.758. The number of rotatable bonds is 5. The van der Waals surface area contributed by atoms with Gasteiger partial charge in [-0.15, -0.1) is 11.6 Å². The molecule has 0 fully saturated rings. The van der Waals surface area contributed by atoms with Crippen LogP contribution in [0.3, 0.4) is 0 Å². The molecular weight excluding hydrogens is 162 g/mol. The van der Waals surface area contributed by atoms with Gasteiger partial charge in [0.25, 0.3) is 0 Å². The molecule has 0 aromatic rings. The van der Waals surface area contributed by atoms with Crippen LogP contribution < -0.4 is 0 Å². The first kappa shape index (κ1) is 9.60. The minimum absolute atomic E-state index is 0.00795. The van der Waals surface area contributed by atoms with E-state index in [0.29, 0.717) is 0 Å². The third-order valence-corrected chi connectivity index (χ3v) is 1.40. The van der Waals surface area contributed by atoms with Crippen LogP contribution in [0, 0.1) is 0 Å². The fourth-order valence-electron chi connectivity index (χ4n) is 0.234. The molecule has 0 amide bonds. The third kappa shape index (κ3) is 6.49. The van der Waals surface area contributed by atoms with Crippen molar-refractivity contribution in [3.63, 3.8) is 0 Å². The van der Waals surface area contributed by atoms with E-state index in [0.717, 1.165) is 0 Å². The van der Waals surface area contributed by atoms with Crippen molar-refractivity contribution in [2.24, 2.45) is 0 Å². The second-order valence-electron chi connectivity index (χ2n) is 1.41. The van der Waals surface area contributed by atoms with Gasteiger partial charge >= 0.3 is 0 Å². The highest BCUT2D eigenvalue weighted by Crippen LogP contribution is 2.10. The van der Waals surface area contributed by atoms with Crippen molar-refractivity contribution in [2.45, 2.75) is 6.10 Å². The van der Waals surface area contributed by atoms with Gasteiger partial charge in [-0.1, -0.05) is 0 Å². The lowest BCUT2D eigenvalue weighted by Gasteiger charge is -2.04. The number of aliphatic hydroxyl groups is 1. The summed E-state index contributed by atoms with van der Waals surface area (Å²) < 4.78 is 9.39. The van der Waals surface area contributed by atoms with Crippen molar-refractivity contribution in [1.29, 1.82) is 0 Å². The average Bonchev–Trinajstić information content (AvgIpc) is 1.89. The summed E-state index contributed by atoms with van der Waals surface area (Å²) in [4.78, 5) is 0. The quantitative estimate of drug-likeness (QED) is 0.378. The smallest absolute Gasteiger partial charge is 0.154 e. The van der Waals surface area contributed by atoms with E-state index < -0.39 is 6.10 Å². The van der Waals surface area contributed by atoms with Gasteiger partial charge in [-0.25, -0.2) is 0 Å². The van der Waals surface area contributed by atoms with Gasteiger partial charge in [0.2, 0.25) is 0 Å². The number of hydrogen-bond acceptors (Lipinski definition) is 3. The van der Waals surface area contributed by atoms with Gasteiger partial charge < -0.3 is 14.2 Å². The molecule has 0 aliphatic rings. The molecule has 0 saturated heterocycles. The lowest BCUT2D eigenvalue weighted by Crippen LogP contribution is -2.13. The van der Waals surface area contributed by atoms with Crippen molar-refractivity contribution in [2.75, 3.05) is 19.6 Å². The summed E-state index contributed by atoms with van der Waals surface area (Å²) in [5, 5.41) is 8.78. The van der Waals surface area contributed by atoms with Crippen molar-refractivity contribution < 1.29 is 14.2 Å². The molecule has 2 unspecified atom stereocenters. The van der Waals surface area contributed by atoms with Crippen LogP contribution in [0.5, 0.6) is 0 Å². The number of halogens is 1. The fourth-order valence-corrected chi connectivity index (χ4v) is 0.701. The summed E-state index contributed by atoms with van der Waals surface area (Å²) in [6.45, 7) is 0.246. The fraction of sp³-hybridized carbons (Fsp3) is 1.00. The van der Waals surface area contributed by atoms with Crippen LogP contribution in [-0.2, 0) is 9.05 Å². The second-order valence-corrected chi connectivity index (χ2v) is 2.58. The molecular formula is C4H10ClO3P. The lowest BCUT2D eigenvalue weighted by atomic mass is 10.4. The topological polar surface area (TPSA) is 38.7 Å². The van der Waals surface area contributed by atoms with Gasteiger partial charge in [0.1, 0.15) is 0 Å². The van der Waals surface area contributed by atoms with E-state index in [2.05, 4.69) is 4.52 Å². The molecule has 0 aliphatic carbocycles. The van der Waals surface area contributed by atoms with Gasteiger partial charge in [0.15, 0.2) is 9.03 Å². The second kappa shape index (κ2) is 6.72. The monoisotopic (exact) mass is 172 g/mol. The Labute approximate surface area is 61.2 Å². The van der Waals surface area contributed by atoms with E-state index in [1.165, 1.54) is 7.11 Å². The minimum Gasteiger partial charge on any atom is -0.389 e. The molecule has 0 saturated carbocycles. The zero-order valence-corrected chi connectivity index (χ0v) is 6.89. The first-order chi connectivity index (χ1) is 4.31. The maximum Gasteiger partial charge on any atom is 0.154 e. The van der Waals surface area contributed by atoms with Crippen LogP contribution in [0.15, 0.2) is 0 Å². The van der Waals surface area contributed by atoms with E-state index in [9.17, 15) is 0 Å². The molecule has 3 nitrogen and oxygen atoms in total. The number of hydrogen-bond donors (Lipinski definition) is 1. The molecule has 0 aromatic heterocycles. The van der Waals surface area contributed by atoms with Gasteiger partial charge in [-0.3, -0.25) is 0 Å². The molecule has 0 rings (SSSR count). The SMILES string of the molecule is COPOCC(O)CCl. The van der Waals surface area contributed by atoms with Gasteiger partial charge in [-0.2, -0.15) is 0 Å². The maximum atomic E-state index is 8.78. The van der Waals surface area contributed by atoms with E-state index in [1.807, 2.05) is 0 Å². The first-order valence-electron chi connectivity index (χ1n) is 2.45. The Kier molecular flexibility index (Phi) is 7.16. The summed E-state index contributed by atoms with van der Waals surface area (Å²) in [5.74, 6) is 0.203. The van der Waals surface area contributed by atoms with Crippen LogP contribution in [-0.4, -0.2) is 30.8 Å². The molecule has 0 bridgehead atoms. The molecule has 1 N–H and O–H groups in total.